The van der Waals surface area contributed by atoms with Crippen LogP contribution in [0, 0.1) is 13.8 Å². The second kappa shape index (κ2) is 5.04. The van der Waals surface area contributed by atoms with Crippen molar-refractivity contribution in [3.8, 4) is 0 Å². The largest absolute Gasteiger partial charge is 0.355 e. The van der Waals surface area contributed by atoms with Gasteiger partial charge in [0.2, 0.25) is 0 Å². The van der Waals surface area contributed by atoms with Gasteiger partial charge in [-0.15, -0.1) is 0 Å². The summed E-state index contributed by atoms with van der Waals surface area (Å²) in [4.78, 5) is 15.7. The van der Waals surface area contributed by atoms with Crippen molar-refractivity contribution in [3.05, 3.63) is 53.1 Å². The van der Waals surface area contributed by atoms with Gasteiger partial charge in [-0.2, -0.15) is 0 Å². The number of imidazole rings is 1. The summed E-state index contributed by atoms with van der Waals surface area (Å²) in [5.74, 6) is -0.0591. The van der Waals surface area contributed by atoms with Gasteiger partial charge < -0.3 is 9.88 Å². The summed E-state index contributed by atoms with van der Waals surface area (Å²) in [7, 11) is 1.63. The van der Waals surface area contributed by atoms with E-state index in [1.165, 1.54) is 5.69 Å². The number of nitrogens with one attached hydrogen (secondary N) is 1. The third-order valence-electron chi connectivity index (χ3n) is 3.14. The fourth-order valence-electron chi connectivity index (χ4n) is 1.81. The molecule has 0 unspecified atom stereocenters. The standard InChI is InChI=1S/C14H17N3O/c1-10-11(2)17(9-16-10)8-12-4-6-13(7-5-12)14(18)15-3/h4-7,9H,8H2,1-3H3,(H,15,18). The Labute approximate surface area is 107 Å². The smallest absolute Gasteiger partial charge is 0.251 e. The lowest BCUT2D eigenvalue weighted by atomic mass is 10.1. The molecule has 0 saturated heterocycles. The van der Waals surface area contributed by atoms with E-state index >= 15 is 0 Å². The lowest BCUT2D eigenvalue weighted by Gasteiger charge is -2.06. The fourth-order valence-corrected chi connectivity index (χ4v) is 1.81. The molecule has 18 heavy (non-hydrogen) atoms. The van der Waals surface area contributed by atoms with Crippen molar-refractivity contribution in [1.82, 2.24) is 14.9 Å². The van der Waals surface area contributed by atoms with E-state index < -0.39 is 0 Å². The number of hydrogen-bond donors (Lipinski definition) is 1. The van der Waals surface area contributed by atoms with Gasteiger partial charge in [0.15, 0.2) is 0 Å². The van der Waals surface area contributed by atoms with E-state index in [1.54, 1.807) is 7.05 Å². The van der Waals surface area contributed by atoms with Gasteiger partial charge in [-0.3, -0.25) is 4.79 Å². The van der Waals surface area contributed by atoms with Gasteiger partial charge >= 0.3 is 0 Å². The van der Waals surface area contributed by atoms with E-state index in [0.717, 1.165) is 17.8 Å². The van der Waals surface area contributed by atoms with Gasteiger partial charge in [0.1, 0.15) is 0 Å². The predicted octanol–water partition coefficient (Wildman–Crippen LogP) is 1.91. The molecule has 0 radical (unpaired) electrons. The van der Waals surface area contributed by atoms with Crippen LogP contribution in [0.15, 0.2) is 30.6 Å². The quantitative estimate of drug-likeness (QED) is 0.895. The summed E-state index contributed by atoms with van der Waals surface area (Å²) in [6.45, 7) is 4.84. The molecule has 0 aliphatic rings. The molecule has 1 heterocycles. The van der Waals surface area contributed by atoms with Crippen LogP contribution in [0.3, 0.4) is 0 Å². The number of hydrogen-bond acceptors (Lipinski definition) is 2. The minimum absolute atomic E-state index is 0.0591. The van der Waals surface area contributed by atoms with Crippen LogP contribution in [-0.4, -0.2) is 22.5 Å². The van der Waals surface area contributed by atoms with E-state index in [2.05, 4.69) is 21.8 Å². The highest BCUT2D eigenvalue weighted by molar-refractivity contribution is 5.93. The highest BCUT2D eigenvalue weighted by Crippen LogP contribution is 2.10. The average molecular weight is 243 g/mol. The number of carbonyl (C=O) groups is 1. The van der Waals surface area contributed by atoms with Crippen LogP contribution in [0.2, 0.25) is 0 Å². The highest BCUT2D eigenvalue weighted by Gasteiger charge is 2.05. The molecule has 2 aromatic rings. The average Bonchev–Trinajstić information content (AvgIpc) is 2.71. The normalized spacial score (nSPS) is 10.4. The van der Waals surface area contributed by atoms with Crippen molar-refractivity contribution in [2.24, 2.45) is 0 Å². The molecular weight excluding hydrogens is 226 g/mol. The Bertz CT molecular complexity index is 555. The summed E-state index contributed by atoms with van der Waals surface area (Å²) >= 11 is 0. The summed E-state index contributed by atoms with van der Waals surface area (Å²) in [5.41, 5.74) is 4.06. The Morgan fingerprint density at radius 2 is 1.94 bits per heavy atom. The molecule has 0 aliphatic carbocycles. The van der Waals surface area contributed by atoms with Crippen molar-refractivity contribution < 1.29 is 4.79 Å². The van der Waals surface area contributed by atoms with Gasteiger partial charge in [-0.05, 0) is 31.5 Å². The molecule has 2 rings (SSSR count). The molecule has 0 fully saturated rings. The molecule has 1 aromatic heterocycles. The fraction of sp³-hybridized carbons (Fsp3) is 0.286. The number of nitrogens with zero attached hydrogens (tertiary/aromatic N) is 2. The maximum absolute atomic E-state index is 11.4. The maximum atomic E-state index is 11.4. The van der Waals surface area contributed by atoms with Gasteiger partial charge in [-0.25, -0.2) is 4.98 Å². The van der Waals surface area contributed by atoms with Crippen molar-refractivity contribution >= 4 is 5.91 Å². The Morgan fingerprint density at radius 3 is 2.44 bits per heavy atom. The molecule has 0 atom stereocenters. The van der Waals surface area contributed by atoms with Crippen molar-refractivity contribution in [1.29, 1.82) is 0 Å². The summed E-state index contributed by atoms with van der Waals surface area (Å²) in [5, 5.41) is 2.61. The van der Waals surface area contributed by atoms with Crippen LogP contribution in [0.5, 0.6) is 0 Å². The first-order chi connectivity index (χ1) is 8.61. The van der Waals surface area contributed by atoms with Crippen LogP contribution in [0.25, 0.3) is 0 Å². The second-order valence-electron chi connectivity index (χ2n) is 4.32. The molecule has 0 bridgehead atoms. The van der Waals surface area contributed by atoms with Crippen LogP contribution in [0.4, 0.5) is 0 Å². The van der Waals surface area contributed by atoms with E-state index in [1.807, 2.05) is 37.5 Å². The zero-order chi connectivity index (χ0) is 13.1. The summed E-state index contributed by atoms with van der Waals surface area (Å²) in [6.07, 6.45) is 1.84. The van der Waals surface area contributed by atoms with E-state index in [4.69, 9.17) is 0 Å². The van der Waals surface area contributed by atoms with Gasteiger partial charge in [-0.1, -0.05) is 12.1 Å². The number of amides is 1. The monoisotopic (exact) mass is 243 g/mol. The number of aromatic nitrogens is 2. The molecule has 0 saturated carbocycles. The number of rotatable bonds is 3. The molecule has 0 aliphatic heterocycles. The number of aryl methyl sites for hydroxylation is 1. The Hall–Kier alpha value is -2.10. The van der Waals surface area contributed by atoms with Crippen molar-refractivity contribution in [3.63, 3.8) is 0 Å². The zero-order valence-corrected chi connectivity index (χ0v) is 10.9. The first-order valence-corrected chi connectivity index (χ1v) is 5.91. The van der Waals surface area contributed by atoms with E-state index in [0.29, 0.717) is 5.56 Å². The third kappa shape index (κ3) is 2.42. The van der Waals surface area contributed by atoms with Crippen LogP contribution >= 0.6 is 0 Å². The predicted molar refractivity (Wildman–Crippen MR) is 70.6 cm³/mol. The molecule has 1 N–H and O–H groups in total. The lowest BCUT2D eigenvalue weighted by Crippen LogP contribution is -2.17. The first kappa shape index (κ1) is 12.4. The molecule has 0 spiro atoms. The van der Waals surface area contributed by atoms with Crippen molar-refractivity contribution in [2.75, 3.05) is 7.05 Å². The Balaban J connectivity index is 2.16. The van der Waals surface area contributed by atoms with Gasteiger partial charge in [0, 0.05) is 24.8 Å². The lowest BCUT2D eigenvalue weighted by molar-refractivity contribution is 0.0963. The zero-order valence-electron chi connectivity index (χ0n) is 10.9. The molecule has 4 heteroatoms. The van der Waals surface area contributed by atoms with Crippen LogP contribution in [-0.2, 0) is 6.54 Å². The van der Waals surface area contributed by atoms with Crippen LogP contribution < -0.4 is 5.32 Å². The summed E-state index contributed by atoms with van der Waals surface area (Å²) < 4.78 is 2.10. The third-order valence-corrected chi connectivity index (χ3v) is 3.14. The minimum Gasteiger partial charge on any atom is -0.355 e. The number of benzene rings is 1. The number of carbonyl (C=O) groups excluding carboxylic acids is 1. The molecular formula is C14H17N3O. The molecule has 1 amide bonds. The van der Waals surface area contributed by atoms with Crippen LogP contribution in [0.1, 0.15) is 27.3 Å². The van der Waals surface area contributed by atoms with Gasteiger partial charge in [0.25, 0.3) is 5.91 Å². The van der Waals surface area contributed by atoms with E-state index in [9.17, 15) is 4.79 Å². The highest BCUT2D eigenvalue weighted by atomic mass is 16.1. The molecule has 94 valence electrons. The second-order valence-corrected chi connectivity index (χ2v) is 4.32. The first-order valence-electron chi connectivity index (χ1n) is 5.91. The maximum Gasteiger partial charge on any atom is 0.251 e. The van der Waals surface area contributed by atoms with Gasteiger partial charge in [0.05, 0.1) is 12.0 Å². The minimum atomic E-state index is -0.0591. The Morgan fingerprint density at radius 1 is 1.28 bits per heavy atom. The molecule has 4 nitrogen and oxygen atoms in total. The SMILES string of the molecule is CNC(=O)c1ccc(Cn2cnc(C)c2C)cc1. The van der Waals surface area contributed by atoms with E-state index in [-0.39, 0.29) is 5.91 Å². The Kier molecular flexibility index (Phi) is 3.46. The molecule has 1 aromatic carbocycles. The topological polar surface area (TPSA) is 46.9 Å². The summed E-state index contributed by atoms with van der Waals surface area (Å²) in [6, 6.07) is 7.62. The van der Waals surface area contributed by atoms with Crippen molar-refractivity contribution in [2.45, 2.75) is 20.4 Å².